The Labute approximate surface area is 140 Å². The Kier molecular flexibility index (Phi) is 6.01. The lowest BCUT2D eigenvalue weighted by molar-refractivity contribution is 0.0616. The minimum Gasteiger partial charge on any atom is -0.493 e. The van der Waals surface area contributed by atoms with Gasteiger partial charge in [0.25, 0.3) is 0 Å². The standard InChI is InChI=1S/C18H16N2O4/c1-22-18-8-14(10-20)4-7-17(18)24-12-15(21)11-23-16-5-2-13(9-19)3-6-16/h2-8,15,21H,11-12H2,1H3. The molecule has 1 unspecified atom stereocenters. The van der Waals surface area contributed by atoms with Crippen LogP contribution >= 0.6 is 0 Å². The second-order valence-corrected chi connectivity index (χ2v) is 4.89. The molecular formula is C18H16N2O4. The van der Waals surface area contributed by atoms with Crippen LogP contribution in [0, 0.1) is 22.7 Å². The second-order valence-electron chi connectivity index (χ2n) is 4.89. The van der Waals surface area contributed by atoms with E-state index >= 15 is 0 Å². The minimum absolute atomic E-state index is 0.0124. The van der Waals surface area contributed by atoms with E-state index in [9.17, 15) is 5.11 Å². The third kappa shape index (κ3) is 4.64. The van der Waals surface area contributed by atoms with E-state index in [1.807, 2.05) is 12.1 Å². The van der Waals surface area contributed by atoms with Crippen molar-refractivity contribution in [2.45, 2.75) is 6.10 Å². The summed E-state index contributed by atoms with van der Waals surface area (Å²) < 4.78 is 16.1. The first kappa shape index (κ1) is 17.1. The van der Waals surface area contributed by atoms with Gasteiger partial charge in [-0.3, -0.25) is 0 Å². The molecule has 0 bridgehead atoms. The average molecular weight is 324 g/mol. The fourth-order valence-corrected chi connectivity index (χ4v) is 1.91. The Morgan fingerprint density at radius 1 is 0.917 bits per heavy atom. The van der Waals surface area contributed by atoms with Crippen LogP contribution in [0.3, 0.4) is 0 Å². The van der Waals surface area contributed by atoms with Gasteiger partial charge in [0.15, 0.2) is 11.5 Å². The number of aliphatic hydroxyl groups excluding tert-OH is 1. The number of nitrogens with zero attached hydrogens (tertiary/aromatic N) is 2. The zero-order valence-corrected chi connectivity index (χ0v) is 13.1. The van der Waals surface area contributed by atoms with Crippen LogP contribution in [-0.4, -0.2) is 31.5 Å². The van der Waals surface area contributed by atoms with Crippen molar-refractivity contribution >= 4 is 0 Å². The number of benzene rings is 2. The molecule has 0 aliphatic rings. The van der Waals surface area contributed by atoms with Crippen molar-refractivity contribution in [2.75, 3.05) is 20.3 Å². The molecule has 0 heterocycles. The van der Waals surface area contributed by atoms with E-state index in [4.69, 9.17) is 24.7 Å². The van der Waals surface area contributed by atoms with Crippen LogP contribution in [0.5, 0.6) is 17.2 Å². The highest BCUT2D eigenvalue weighted by Gasteiger charge is 2.10. The van der Waals surface area contributed by atoms with Crippen LogP contribution < -0.4 is 14.2 Å². The van der Waals surface area contributed by atoms with Gasteiger partial charge in [-0.1, -0.05) is 0 Å². The molecule has 2 aromatic rings. The quantitative estimate of drug-likeness (QED) is 0.839. The molecule has 2 rings (SSSR count). The van der Waals surface area contributed by atoms with Gasteiger partial charge in [-0.2, -0.15) is 10.5 Å². The number of nitriles is 2. The first-order valence-corrected chi connectivity index (χ1v) is 7.18. The van der Waals surface area contributed by atoms with Crippen molar-refractivity contribution in [2.24, 2.45) is 0 Å². The third-order valence-electron chi connectivity index (χ3n) is 3.15. The second kappa shape index (κ2) is 8.42. The lowest BCUT2D eigenvalue weighted by Gasteiger charge is -2.15. The topological polar surface area (TPSA) is 95.5 Å². The molecule has 6 nitrogen and oxygen atoms in total. The van der Waals surface area contributed by atoms with Crippen molar-refractivity contribution < 1.29 is 19.3 Å². The maximum atomic E-state index is 9.94. The molecular weight excluding hydrogens is 308 g/mol. The van der Waals surface area contributed by atoms with Gasteiger partial charge >= 0.3 is 0 Å². The predicted molar refractivity (Wildman–Crippen MR) is 85.9 cm³/mol. The lowest BCUT2D eigenvalue weighted by Crippen LogP contribution is -2.25. The number of hydrogen-bond donors (Lipinski definition) is 1. The molecule has 0 aliphatic heterocycles. The van der Waals surface area contributed by atoms with Crippen LogP contribution in [0.2, 0.25) is 0 Å². The first-order valence-electron chi connectivity index (χ1n) is 7.18. The van der Waals surface area contributed by atoms with Gasteiger partial charge in [-0.05, 0) is 36.4 Å². The van der Waals surface area contributed by atoms with Crippen molar-refractivity contribution in [3.05, 3.63) is 53.6 Å². The zero-order valence-electron chi connectivity index (χ0n) is 13.1. The third-order valence-corrected chi connectivity index (χ3v) is 3.15. The highest BCUT2D eigenvalue weighted by Crippen LogP contribution is 2.27. The highest BCUT2D eigenvalue weighted by atomic mass is 16.5. The van der Waals surface area contributed by atoms with Gasteiger partial charge in [0.1, 0.15) is 25.1 Å². The van der Waals surface area contributed by atoms with Crippen LogP contribution in [0.25, 0.3) is 0 Å². The summed E-state index contributed by atoms with van der Waals surface area (Å²) >= 11 is 0. The summed E-state index contributed by atoms with van der Waals surface area (Å²) in [6.45, 7) is 0.0586. The Balaban J connectivity index is 1.85. The maximum Gasteiger partial charge on any atom is 0.162 e. The Hall–Kier alpha value is -3.22. The molecule has 0 aromatic heterocycles. The maximum absolute atomic E-state index is 9.94. The number of hydrogen-bond acceptors (Lipinski definition) is 6. The summed E-state index contributed by atoms with van der Waals surface area (Å²) in [6.07, 6.45) is -0.846. The molecule has 0 aliphatic carbocycles. The molecule has 24 heavy (non-hydrogen) atoms. The summed E-state index contributed by atoms with van der Waals surface area (Å²) in [6, 6.07) is 15.4. The fraction of sp³-hybridized carbons (Fsp3) is 0.222. The first-order chi connectivity index (χ1) is 11.7. The van der Waals surface area contributed by atoms with Crippen molar-refractivity contribution in [1.29, 1.82) is 10.5 Å². The summed E-state index contributed by atoms with van der Waals surface area (Å²) in [5.74, 6) is 1.42. The lowest BCUT2D eigenvalue weighted by atomic mass is 10.2. The Morgan fingerprint density at radius 2 is 1.54 bits per heavy atom. The van der Waals surface area contributed by atoms with Gasteiger partial charge < -0.3 is 19.3 Å². The highest BCUT2D eigenvalue weighted by molar-refractivity contribution is 5.46. The monoisotopic (exact) mass is 324 g/mol. The molecule has 0 saturated carbocycles. The molecule has 2 aromatic carbocycles. The van der Waals surface area contributed by atoms with Crippen LogP contribution in [0.1, 0.15) is 11.1 Å². The fourth-order valence-electron chi connectivity index (χ4n) is 1.91. The molecule has 0 amide bonds. The smallest absolute Gasteiger partial charge is 0.162 e. The molecule has 0 radical (unpaired) electrons. The van der Waals surface area contributed by atoms with Crippen LogP contribution in [0.4, 0.5) is 0 Å². The van der Waals surface area contributed by atoms with Crippen LogP contribution in [-0.2, 0) is 0 Å². The molecule has 0 saturated heterocycles. The van der Waals surface area contributed by atoms with E-state index in [0.29, 0.717) is 28.4 Å². The van der Waals surface area contributed by atoms with E-state index < -0.39 is 6.10 Å². The average Bonchev–Trinajstić information content (AvgIpc) is 2.64. The molecule has 0 fully saturated rings. The molecule has 1 atom stereocenters. The van der Waals surface area contributed by atoms with E-state index in [2.05, 4.69) is 0 Å². The van der Waals surface area contributed by atoms with Gasteiger partial charge in [0, 0.05) is 6.07 Å². The van der Waals surface area contributed by atoms with E-state index in [-0.39, 0.29) is 13.2 Å². The summed E-state index contributed by atoms with van der Waals surface area (Å²) in [4.78, 5) is 0. The van der Waals surface area contributed by atoms with Gasteiger partial charge in [-0.15, -0.1) is 0 Å². The largest absolute Gasteiger partial charge is 0.493 e. The van der Waals surface area contributed by atoms with E-state index in [1.54, 1.807) is 42.5 Å². The molecule has 1 N–H and O–H groups in total. The Bertz CT molecular complexity index is 760. The normalized spacial score (nSPS) is 11.0. The minimum atomic E-state index is -0.846. The molecule has 122 valence electrons. The number of ether oxygens (including phenoxy) is 3. The number of rotatable bonds is 7. The van der Waals surface area contributed by atoms with E-state index in [1.165, 1.54) is 7.11 Å². The molecule has 0 spiro atoms. The van der Waals surface area contributed by atoms with Crippen molar-refractivity contribution in [1.82, 2.24) is 0 Å². The van der Waals surface area contributed by atoms with E-state index in [0.717, 1.165) is 0 Å². The van der Waals surface area contributed by atoms with Crippen molar-refractivity contribution in [3.8, 4) is 29.4 Å². The SMILES string of the molecule is COc1cc(C#N)ccc1OCC(O)COc1ccc(C#N)cc1. The predicted octanol–water partition coefficient (Wildman–Crippen LogP) is 2.26. The molecule has 6 heteroatoms. The van der Waals surface area contributed by atoms with Crippen LogP contribution in [0.15, 0.2) is 42.5 Å². The summed E-state index contributed by atoms with van der Waals surface area (Å²) in [7, 11) is 1.48. The Morgan fingerprint density at radius 3 is 2.17 bits per heavy atom. The summed E-state index contributed by atoms with van der Waals surface area (Å²) in [5, 5.41) is 27.5. The van der Waals surface area contributed by atoms with Crippen molar-refractivity contribution in [3.63, 3.8) is 0 Å². The van der Waals surface area contributed by atoms with Gasteiger partial charge in [0.2, 0.25) is 0 Å². The zero-order chi connectivity index (χ0) is 17.4. The number of aliphatic hydroxyl groups is 1. The van der Waals surface area contributed by atoms with Gasteiger partial charge in [0.05, 0.1) is 30.4 Å². The number of methoxy groups -OCH3 is 1. The van der Waals surface area contributed by atoms with Gasteiger partial charge in [-0.25, -0.2) is 0 Å². The summed E-state index contributed by atoms with van der Waals surface area (Å²) in [5.41, 5.74) is 1.00.